The van der Waals surface area contributed by atoms with Gasteiger partial charge in [0, 0.05) is 10.2 Å². The van der Waals surface area contributed by atoms with Gasteiger partial charge in [-0.3, -0.25) is 4.40 Å². The smallest absolute Gasteiger partial charge is 0.139 e. The number of halogens is 1. The second kappa shape index (κ2) is 3.85. The topological polar surface area (TPSA) is 43.3 Å². The zero-order valence-corrected chi connectivity index (χ0v) is 11.5. The third kappa shape index (κ3) is 1.57. The lowest BCUT2D eigenvalue weighted by molar-refractivity contribution is 1.09. The maximum Gasteiger partial charge on any atom is 0.139 e. The van der Waals surface area contributed by atoms with Crippen LogP contribution >= 0.6 is 27.3 Å². The molecular formula is C12H10BrN3S. The molecule has 0 aromatic carbocycles. The normalized spacial score (nSPS) is 11.2. The van der Waals surface area contributed by atoms with E-state index in [4.69, 9.17) is 5.73 Å². The van der Waals surface area contributed by atoms with Crippen LogP contribution in [0.3, 0.4) is 0 Å². The molecule has 0 aliphatic carbocycles. The number of nitrogens with two attached hydrogens (primary N) is 1. The predicted octanol–water partition coefficient (Wildman–Crippen LogP) is 3.72. The molecule has 0 unspecified atom stereocenters. The van der Waals surface area contributed by atoms with E-state index in [1.165, 1.54) is 0 Å². The SMILES string of the molecule is Cc1c(Br)ccc2nc(-c3cccs3)c(N)n12. The van der Waals surface area contributed by atoms with Crippen LogP contribution in [-0.2, 0) is 0 Å². The molecule has 0 radical (unpaired) electrons. The fourth-order valence-corrected chi connectivity index (χ4v) is 2.92. The molecule has 3 rings (SSSR count). The summed E-state index contributed by atoms with van der Waals surface area (Å²) in [7, 11) is 0. The maximum atomic E-state index is 6.19. The molecule has 2 N–H and O–H groups in total. The minimum atomic E-state index is 0.696. The minimum absolute atomic E-state index is 0.696. The summed E-state index contributed by atoms with van der Waals surface area (Å²) in [6.45, 7) is 2.02. The van der Waals surface area contributed by atoms with Gasteiger partial charge in [0.05, 0.1) is 4.88 Å². The van der Waals surface area contributed by atoms with Crippen molar-refractivity contribution in [3.8, 4) is 10.6 Å². The van der Waals surface area contributed by atoms with Crippen LogP contribution in [0.15, 0.2) is 34.1 Å². The summed E-state index contributed by atoms with van der Waals surface area (Å²) in [5, 5.41) is 2.03. The van der Waals surface area contributed by atoms with Crippen LogP contribution in [0, 0.1) is 6.92 Å². The number of aromatic nitrogens is 2. The molecule has 3 heterocycles. The van der Waals surface area contributed by atoms with E-state index in [-0.39, 0.29) is 0 Å². The number of thiophene rings is 1. The minimum Gasteiger partial charge on any atom is -0.383 e. The average molecular weight is 308 g/mol. The lowest BCUT2D eigenvalue weighted by atomic mass is 10.3. The van der Waals surface area contributed by atoms with E-state index in [1.807, 2.05) is 41.0 Å². The molecule has 86 valence electrons. The first-order chi connectivity index (χ1) is 8.18. The monoisotopic (exact) mass is 307 g/mol. The Morgan fingerprint density at radius 2 is 2.18 bits per heavy atom. The lowest BCUT2D eigenvalue weighted by Gasteiger charge is -2.03. The van der Waals surface area contributed by atoms with Crippen molar-refractivity contribution in [3.63, 3.8) is 0 Å². The van der Waals surface area contributed by atoms with Gasteiger partial charge in [-0.05, 0) is 46.4 Å². The van der Waals surface area contributed by atoms with Crippen molar-refractivity contribution in [2.75, 3.05) is 5.73 Å². The number of pyridine rings is 1. The van der Waals surface area contributed by atoms with Gasteiger partial charge in [-0.2, -0.15) is 0 Å². The summed E-state index contributed by atoms with van der Waals surface area (Å²) >= 11 is 5.15. The molecular weight excluding hydrogens is 298 g/mol. The molecule has 3 nitrogen and oxygen atoms in total. The largest absolute Gasteiger partial charge is 0.383 e. The number of aryl methyl sites for hydroxylation is 1. The molecule has 0 saturated carbocycles. The Morgan fingerprint density at radius 3 is 2.88 bits per heavy atom. The fourth-order valence-electron chi connectivity index (χ4n) is 1.89. The average Bonchev–Trinajstić information content (AvgIpc) is 2.91. The molecule has 0 aliphatic heterocycles. The van der Waals surface area contributed by atoms with Crippen molar-refractivity contribution in [2.24, 2.45) is 0 Å². The van der Waals surface area contributed by atoms with Crippen LogP contribution in [0.2, 0.25) is 0 Å². The molecule has 0 spiro atoms. The number of hydrogen-bond donors (Lipinski definition) is 1. The van der Waals surface area contributed by atoms with Gasteiger partial charge < -0.3 is 5.73 Å². The number of rotatable bonds is 1. The van der Waals surface area contributed by atoms with E-state index >= 15 is 0 Å². The number of imidazole rings is 1. The zero-order valence-electron chi connectivity index (χ0n) is 9.14. The molecule has 0 bridgehead atoms. The highest BCUT2D eigenvalue weighted by atomic mass is 79.9. The maximum absolute atomic E-state index is 6.19. The standard InChI is InChI=1S/C12H10BrN3S/c1-7-8(13)4-5-10-15-11(12(14)16(7)10)9-3-2-6-17-9/h2-6H,14H2,1H3. The van der Waals surface area contributed by atoms with Gasteiger partial charge in [0.1, 0.15) is 17.2 Å². The van der Waals surface area contributed by atoms with Crippen molar-refractivity contribution >= 4 is 38.7 Å². The van der Waals surface area contributed by atoms with Crippen molar-refractivity contribution in [1.82, 2.24) is 9.38 Å². The van der Waals surface area contributed by atoms with Gasteiger partial charge in [-0.1, -0.05) is 6.07 Å². The van der Waals surface area contributed by atoms with E-state index in [0.717, 1.165) is 26.4 Å². The summed E-state index contributed by atoms with van der Waals surface area (Å²) in [5.41, 5.74) is 8.99. The van der Waals surface area contributed by atoms with Crippen molar-refractivity contribution in [1.29, 1.82) is 0 Å². The van der Waals surface area contributed by atoms with Crippen LogP contribution in [0.4, 0.5) is 5.82 Å². The Labute approximate surface area is 111 Å². The molecule has 0 fully saturated rings. The zero-order chi connectivity index (χ0) is 12.0. The van der Waals surface area contributed by atoms with Crippen molar-refractivity contribution in [2.45, 2.75) is 6.92 Å². The Bertz CT molecular complexity index is 685. The number of anilines is 1. The van der Waals surface area contributed by atoms with Crippen LogP contribution < -0.4 is 5.73 Å². The third-order valence-electron chi connectivity index (χ3n) is 2.75. The molecule has 3 aromatic heterocycles. The first-order valence-corrected chi connectivity index (χ1v) is 6.82. The van der Waals surface area contributed by atoms with Crippen LogP contribution in [0.25, 0.3) is 16.2 Å². The highest BCUT2D eigenvalue weighted by Crippen LogP contribution is 2.31. The highest BCUT2D eigenvalue weighted by molar-refractivity contribution is 9.10. The third-order valence-corrected chi connectivity index (χ3v) is 4.47. The van der Waals surface area contributed by atoms with Crippen molar-refractivity contribution < 1.29 is 0 Å². The van der Waals surface area contributed by atoms with Crippen molar-refractivity contribution in [3.05, 3.63) is 39.8 Å². The summed E-state index contributed by atoms with van der Waals surface area (Å²) < 4.78 is 3.01. The lowest BCUT2D eigenvalue weighted by Crippen LogP contribution is -1.98. The summed E-state index contributed by atoms with van der Waals surface area (Å²) in [4.78, 5) is 5.68. The van der Waals surface area contributed by atoms with E-state index in [1.54, 1.807) is 11.3 Å². The Morgan fingerprint density at radius 1 is 1.35 bits per heavy atom. The van der Waals surface area contributed by atoms with Gasteiger partial charge >= 0.3 is 0 Å². The summed E-state index contributed by atoms with van der Waals surface area (Å²) in [6, 6.07) is 8.00. The second-order valence-electron chi connectivity index (χ2n) is 3.78. The number of nitrogens with zero attached hydrogens (tertiary/aromatic N) is 2. The molecule has 3 aromatic rings. The molecule has 0 amide bonds. The quantitative estimate of drug-likeness (QED) is 0.744. The number of hydrogen-bond acceptors (Lipinski definition) is 3. The number of nitrogen functional groups attached to an aromatic ring is 1. The van der Waals surface area contributed by atoms with E-state index in [0.29, 0.717) is 5.82 Å². The van der Waals surface area contributed by atoms with Gasteiger partial charge in [0.2, 0.25) is 0 Å². The van der Waals surface area contributed by atoms with Crippen LogP contribution in [-0.4, -0.2) is 9.38 Å². The summed E-state index contributed by atoms with van der Waals surface area (Å²) in [6.07, 6.45) is 0. The van der Waals surface area contributed by atoms with Crippen LogP contribution in [0.5, 0.6) is 0 Å². The summed E-state index contributed by atoms with van der Waals surface area (Å²) in [5.74, 6) is 0.696. The molecule has 0 atom stereocenters. The second-order valence-corrected chi connectivity index (χ2v) is 5.59. The molecule has 0 aliphatic rings. The Kier molecular flexibility index (Phi) is 2.45. The van der Waals surface area contributed by atoms with Gasteiger partial charge in [-0.15, -0.1) is 11.3 Å². The molecule has 0 saturated heterocycles. The molecule has 5 heteroatoms. The number of fused-ring (bicyclic) bond motifs is 1. The predicted molar refractivity (Wildman–Crippen MR) is 75.4 cm³/mol. The van der Waals surface area contributed by atoms with E-state index < -0.39 is 0 Å². The molecule has 17 heavy (non-hydrogen) atoms. The van der Waals surface area contributed by atoms with Crippen LogP contribution in [0.1, 0.15) is 5.69 Å². The first kappa shape index (κ1) is 10.8. The van der Waals surface area contributed by atoms with Gasteiger partial charge in [0.25, 0.3) is 0 Å². The Balaban J connectivity index is 2.37. The van der Waals surface area contributed by atoms with E-state index in [9.17, 15) is 0 Å². The highest BCUT2D eigenvalue weighted by Gasteiger charge is 2.14. The fraction of sp³-hybridized carbons (Fsp3) is 0.0833. The Hall–Kier alpha value is -1.33. The first-order valence-electron chi connectivity index (χ1n) is 5.15. The van der Waals surface area contributed by atoms with Gasteiger partial charge in [0.15, 0.2) is 0 Å². The van der Waals surface area contributed by atoms with E-state index in [2.05, 4.69) is 20.9 Å². The van der Waals surface area contributed by atoms with Gasteiger partial charge in [-0.25, -0.2) is 4.98 Å².